The van der Waals surface area contributed by atoms with Crippen molar-refractivity contribution in [3.05, 3.63) is 185 Å². The molecule has 0 spiro atoms. The predicted molar refractivity (Wildman–Crippen MR) is 162 cm³/mol. The number of hydrogen-bond acceptors (Lipinski definition) is 2. The van der Waals surface area contributed by atoms with Gasteiger partial charge in [0, 0.05) is 11.9 Å². The highest BCUT2D eigenvalue weighted by atomic mass is 15.2. The summed E-state index contributed by atoms with van der Waals surface area (Å²) in [4.78, 5) is 10.4. The summed E-state index contributed by atoms with van der Waals surface area (Å²) in [6.45, 7) is 7.36. The number of nitrogens with zero attached hydrogens (tertiary/aromatic N) is 3. The SMILES string of the molecule is [C-]#[N+]c1ccnc(-c2ccc(N3c4ccccc4C(c4ccccc4)(c4ccccc4)c4ccccc43)cc2)c1. The lowest BCUT2D eigenvalue weighted by Crippen LogP contribution is -2.37. The van der Waals surface area contributed by atoms with Crippen molar-refractivity contribution in [3.63, 3.8) is 0 Å². The molecule has 0 radical (unpaired) electrons. The molecule has 40 heavy (non-hydrogen) atoms. The van der Waals surface area contributed by atoms with E-state index < -0.39 is 5.41 Å². The van der Waals surface area contributed by atoms with E-state index in [1.807, 2.05) is 6.07 Å². The third kappa shape index (κ3) is 3.62. The van der Waals surface area contributed by atoms with Gasteiger partial charge < -0.3 is 4.90 Å². The fourth-order valence-electron chi connectivity index (χ4n) is 6.12. The minimum absolute atomic E-state index is 0.476. The fourth-order valence-corrected chi connectivity index (χ4v) is 6.12. The minimum atomic E-state index is -0.476. The summed E-state index contributed by atoms with van der Waals surface area (Å²) in [6, 6.07) is 51.2. The molecule has 0 N–H and O–H groups in total. The van der Waals surface area contributed by atoms with Crippen molar-refractivity contribution < 1.29 is 0 Å². The first-order valence-corrected chi connectivity index (χ1v) is 13.3. The van der Waals surface area contributed by atoms with E-state index in [-0.39, 0.29) is 0 Å². The molecule has 0 bridgehead atoms. The second kappa shape index (κ2) is 9.69. The molecule has 1 aliphatic rings. The zero-order valence-electron chi connectivity index (χ0n) is 21.8. The normalized spacial score (nSPS) is 13.1. The number of aromatic nitrogens is 1. The van der Waals surface area contributed by atoms with Crippen LogP contribution in [-0.4, -0.2) is 4.98 Å². The first-order chi connectivity index (χ1) is 19.8. The Balaban J connectivity index is 1.47. The topological polar surface area (TPSA) is 20.5 Å². The lowest BCUT2D eigenvalue weighted by Gasteiger charge is -2.46. The molecule has 2 heterocycles. The van der Waals surface area contributed by atoms with E-state index in [2.05, 4.69) is 148 Å². The van der Waals surface area contributed by atoms with Gasteiger partial charge in [0.2, 0.25) is 0 Å². The summed E-state index contributed by atoms with van der Waals surface area (Å²) in [6.07, 6.45) is 1.69. The zero-order chi connectivity index (χ0) is 26.9. The van der Waals surface area contributed by atoms with Crippen LogP contribution in [0.4, 0.5) is 22.7 Å². The Morgan fingerprint density at radius 3 is 1.65 bits per heavy atom. The van der Waals surface area contributed by atoms with Crippen LogP contribution in [0.25, 0.3) is 16.1 Å². The summed E-state index contributed by atoms with van der Waals surface area (Å²) in [5.74, 6) is 0. The summed E-state index contributed by atoms with van der Waals surface area (Å²) in [5.41, 5.74) is 10.2. The number of fused-ring (bicyclic) bond motifs is 2. The third-order valence-electron chi connectivity index (χ3n) is 7.81. The molecule has 7 rings (SSSR count). The molecule has 6 aromatic rings. The molecule has 1 aliphatic heterocycles. The molecule has 3 nitrogen and oxygen atoms in total. The molecular weight excluding hydrogens is 486 g/mol. The molecule has 188 valence electrons. The number of benzene rings is 5. The molecule has 0 saturated heterocycles. The molecule has 0 saturated carbocycles. The molecule has 0 aliphatic carbocycles. The average Bonchev–Trinajstić information content (AvgIpc) is 3.04. The van der Waals surface area contributed by atoms with Crippen LogP contribution in [0.5, 0.6) is 0 Å². The Morgan fingerprint density at radius 2 is 1.10 bits per heavy atom. The number of para-hydroxylation sites is 2. The quantitative estimate of drug-likeness (QED) is 0.219. The van der Waals surface area contributed by atoms with Crippen LogP contribution < -0.4 is 4.90 Å². The third-order valence-corrected chi connectivity index (χ3v) is 7.81. The van der Waals surface area contributed by atoms with Gasteiger partial charge in [0.1, 0.15) is 0 Å². The Kier molecular flexibility index (Phi) is 5.73. The second-order valence-electron chi connectivity index (χ2n) is 9.91. The summed E-state index contributed by atoms with van der Waals surface area (Å²) in [7, 11) is 0. The smallest absolute Gasteiger partial charge is 0.190 e. The Bertz CT molecular complexity index is 1760. The van der Waals surface area contributed by atoms with Crippen molar-refractivity contribution >= 4 is 22.7 Å². The highest BCUT2D eigenvalue weighted by Gasteiger charge is 2.46. The predicted octanol–water partition coefficient (Wildman–Crippen LogP) is 9.47. The summed E-state index contributed by atoms with van der Waals surface area (Å²) in [5, 5.41) is 0. The first-order valence-electron chi connectivity index (χ1n) is 13.3. The molecule has 5 aromatic carbocycles. The first kappa shape index (κ1) is 23.6. The number of anilines is 3. The molecule has 0 unspecified atom stereocenters. The number of rotatable bonds is 4. The average molecular weight is 512 g/mol. The second-order valence-corrected chi connectivity index (χ2v) is 9.91. The van der Waals surface area contributed by atoms with Crippen LogP contribution >= 0.6 is 0 Å². The molecule has 3 heteroatoms. The number of hydrogen-bond donors (Lipinski definition) is 0. The van der Waals surface area contributed by atoms with E-state index in [1.165, 1.54) is 22.3 Å². The van der Waals surface area contributed by atoms with Gasteiger partial charge in [0.25, 0.3) is 0 Å². The maximum atomic E-state index is 7.36. The van der Waals surface area contributed by atoms with Crippen molar-refractivity contribution in [3.8, 4) is 11.3 Å². The van der Waals surface area contributed by atoms with Gasteiger partial charge >= 0.3 is 0 Å². The Hall–Kier alpha value is -5.46. The molecular formula is C37H25N3. The largest absolute Gasteiger partial charge is 0.310 e. The van der Waals surface area contributed by atoms with Gasteiger partial charge in [-0.2, -0.15) is 0 Å². The maximum absolute atomic E-state index is 7.36. The van der Waals surface area contributed by atoms with Crippen molar-refractivity contribution in [2.24, 2.45) is 0 Å². The highest BCUT2D eigenvalue weighted by Crippen LogP contribution is 2.57. The van der Waals surface area contributed by atoms with E-state index in [0.29, 0.717) is 5.69 Å². The lowest BCUT2D eigenvalue weighted by molar-refractivity contribution is 0.731. The molecule has 1 aromatic heterocycles. The van der Waals surface area contributed by atoms with E-state index in [1.54, 1.807) is 12.3 Å². The van der Waals surface area contributed by atoms with Gasteiger partial charge in [-0.1, -0.05) is 109 Å². The number of pyridine rings is 1. The van der Waals surface area contributed by atoms with E-state index in [4.69, 9.17) is 6.57 Å². The van der Waals surface area contributed by atoms with Crippen LogP contribution in [-0.2, 0) is 5.41 Å². The van der Waals surface area contributed by atoms with Gasteiger partial charge in [0.15, 0.2) is 5.69 Å². The van der Waals surface area contributed by atoms with Gasteiger partial charge in [-0.3, -0.25) is 4.98 Å². The lowest BCUT2D eigenvalue weighted by atomic mass is 9.62. The summed E-state index contributed by atoms with van der Waals surface area (Å²) >= 11 is 0. The van der Waals surface area contributed by atoms with Gasteiger partial charge in [-0.15, -0.1) is 0 Å². The van der Waals surface area contributed by atoms with Gasteiger partial charge in [0.05, 0.1) is 29.1 Å². The molecule has 0 amide bonds. The Morgan fingerprint density at radius 1 is 0.575 bits per heavy atom. The van der Waals surface area contributed by atoms with Gasteiger partial charge in [-0.05, 0) is 64.2 Å². The summed E-state index contributed by atoms with van der Waals surface area (Å²) < 4.78 is 0. The van der Waals surface area contributed by atoms with Crippen molar-refractivity contribution in [1.82, 2.24) is 4.98 Å². The standard InChI is InChI=1S/C37H25N3/c1-38-30-24-25-39-34(26-30)27-20-22-31(23-21-27)40-35-18-10-8-16-32(35)37(28-12-4-2-5-13-28,29-14-6-3-7-15-29)33-17-9-11-19-36(33)40/h2-26H. The maximum Gasteiger partial charge on any atom is 0.190 e. The van der Waals surface area contributed by atoms with Crippen LogP contribution in [0.2, 0.25) is 0 Å². The monoisotopic (exact) mass is 511 g/mol. The fraction of sp³-hybridized carbons (Fsp3) is 0.0270. The Labute approximate surface area is 234 Å². The van der Waals surface area contributed by atoms with Gasteiger partial charge in [-0.25, -0.2) is 4.85 Å². The van der Waals surface area contributed by atoms with Crippen molar-refractivity contribution in [2.75, 3.05) is 4.90 Å². The zero-order valence-corrected chi connectivity index (χ0v) is 21.8. The van der Waals surface area contributed by atoms with E-state index in [9.17, 15) is 0 Å². The van der Waals surface area contributed by atoms with Crippen molar-refractivity contribution in [1.29, 1.82) is 0 Å². The van der Waals surface area contributed by atoms with E-state index in [0.717, 1.165) is 28.3 Å². The molecule has 0 atom stereocenters. The highest BCUT2D eigenvalue weighted by molar-refractivity contribution is 5.89. The minimum Gasteiger partial charge on any atom is -0.310 e. The van der Waals surface area contributed by atoms with Crippen molar-refractivity contribution in [2.45, 2.75) is 5.41 Å². The van der Waals surface area contributed by atoms with Crippen LogP contribution in [0, 0.1) is 6.57 Å². The van der Waals surface area contributed by atoms with E-state index >= 15 is 0 Å². The van der Waals surface area contributed by atoms with Crippen LogP contribution in [0.3, 0.4) is 0 Å². The van der Waals surface area contributed by atoms with Crippen LogP contribution in [0.15, 0.2) is 152 Å². The molecule has 0 fully saturated rings. The van der Waals surface area contributed by atoms with Crippen LogP contribution in [0.1, 0.15) is 22.3 Å².